The van der Waals surface area contributed by atoms with Gasteiger partial charge in [-0.1, -0.05) is 12.1 Å². The van der Waals surface area contributed by atoms with Gasteiger partial charge in [0.15, 0.2) is 0 Å². The van der Waals surface area contributed by atoms with Crippen molar-refractivity contribution in [1.82, 2.24) is 0 Å². The minimum atomic E-state index is -5.12. The van der Waals surface area contributed by atoms with Crippen molar-refractivity contribution >= 4 is 94.1 Å². The summed E-state index contributed by atoms with van der Waals surface area (Å²) in [6.07, 6.45) is 1.06. The minimum Gasteiger partial charge on any atom is -0.744 e. The molecule has 0 aromatic heterocycles. The maximum absolute atomic E-state index is 13.5. The molecule has 0 aliphatic heterocycles. The normalized spacial score (nSPS) is 13.8. The Morgan fingerprint density at radius 1 is 0.615 bits per heavy atom. The first-order chi connectivity index (χ1) is 23.7. The SMILES string of the molecule is Nc1ccc(N=Nc2ccc3c(c2)C(=O)C(=NNc2ccc(N=Nc4ccc(N)c5cc(S(=O)(=O)[O-])ccc45)cc2)C(S(=O)(=O)[O-])=C3)c(N)c1.[Na+].[Na+]. The zero-order valence-electron chi connectivity index (χ0n) is 27.4. The molecule has 7 N–H and O–H groups in total. The van der Waals surface area contributed by atoms with E-state index in [1.54, 1.807) is 18.2 Å². The Hall–Kier alpha value is -4.34. The van der Waals surface area contributed by atoms with Crippen molar-refractivity contribution < 1.29 is 89.9 Å². The number of carbonyl (C=O) groups is 1. The van der Waals surface area contributed by atoms with Gasteiger partial charge in [-0.25, -0.2) is 16.8 Å². The first-order valence-corrected chi connectivity index (χ1v) is 17.1. The molecule has 5 aromatic rings. The van der Waals surface area contributed by atoms with E-state index in [0.717, 1.165) is 12.1 Å². The van der Waals surface area contributed by atoms with Crippen molar-refractivity contribution in [2.45, 2.75) is 4.90 Å². The Bertz CT molecular complexity index is 2580. The Balaban J connectivity index is 0.00000302. The molecule has 0 saturated carbocycles. The molecule has 0 heterocycles. The van der Waals surface area contributed by atoms with Crippen LogP contribution in [0.15, 0.2) is 126 Å². The van der Waals surface area contributed by atoms with Crippen LogP contribution in [-0.4, -0.2) is 37.4 Å². The van der Waals surface area contributed by atoms with E-state index in [4.69, 9.17) is 17.2 Å². The first kappa shape index (κ1) is 40.4. The van der Waals surface area contributed by atoms with Crippen molar-refractivity contribution in [1.29, 1.82) is 0 Å². The van der Waals surface area contributed by atoms with Crippen LogP contribution < -0.4 is 81.7 Å². The number of azo groups is 2. The second-order valence-corrected chi connectivity index (χ2v) is 13.5. The largest absolute Gasteiger partial charge is 1.00 e. The molecule has 52 heavy (non-hydrogen) atoms. The smallest absolute Gasteiger partial charge is 0.744 e. The molecule has 1 aliphatic carbocycles. The number of anilines is 4. The fraction of sp³-hybridized carbons (Fsp3) is 0. The van der Waals surface area contributed by atoms with Gasteiger partial charge in [0, 0.05) is 27.7 Å². The third kappa shape index (κ3) is 8.99. The van der Waals surface area contributed by atoms with Crippen LogP contribution in [0.2, 0.25) is 0 Å². The molecule has 6 rings (SSSR count). The fourth-order valence-electron chi connectivity index (χ4n) is 4.86. The van der Waals surface area contributed by atoms with Gasteiger partial charge >= 0.3 is 59.1 Å². The summed E-state index contributed by atoms with van der Waals surface area (Å²) in [6.45, 7) is 0. The molecule has 1 aliphatic rings. The number of benzene rings is 5. The molecule has 0 spiro atoms. The standard InChI is InChI=1S/C32H25N9O7S2.2Na/c33-18-2-11-29(27(35)14-18)40-38-21-3-1-17-13-30(50(46,47)48)31(32(42)24(17)15-21)41-37-20-6-4-19(5-7-20)36-39-28-12-10-26(34)25-16-22(49(43,44)45)8-9-23(25)28;;/h1-16,37H,33-35H2,(H,43,44,45)(H,46,47,48);;/q;2*+1/p-2. The molecule has 0 atom stereocenters. The number of ketones is 1. The van der Waals surface area contributed by atoms with E-state index in [1.807, 2.05) is 0 Å². The van der Waals surface area contributed by atoms with Gasteiger partial charge in [0.05, 0.1) is 38.2 Å². The van der Waals surface area contributed by atoms with Crippen molar-refractivity contribution in [2.75, 3.05) is 22.6 Å². The summed E-state index contributed by atoms with van der Waals surface area (Å²) in [5, 5.41) is 21.3. The number of hydrogen-bond acceptors (Lipinski definition) is 16. The Morgan fingerprint density at radius 2 is 1.27 bits per heavy atom. The number of allylic oxidation sites excluding steroid dienone is 1. The molecule has 252 valence electrons. The van der Waals surface area contributed by atoms with E-state index in [2.05, 4.69) is 31.0 Å². The minimum absolute atomic E-state index is 0. The molecule has 16 nitrogen and oxygen atoms in total. The van der Waals surface area contributed by atoms with Gasteiger partial charge in [0.25, 0.3) is 0 Å². The number of nitrogen functional groups attached to an aromatic ring is 3. The Kier molecular flexibility index (Phi) is 12.5. The van der Waals surface area contributed by atoms with Gasteiger partial charge in [0.2, 0.25) is 5.78 Å². The Morgan fingerprint density at radius 3 is 1.94 bits per heavy atom. The number of carbonyl (C=O) groups excluding carboxylic acids is 1. The summed E-state index contributed by atoms with van der Waals surface area (Å²) in [4.78, 5) is 12.2. The second kappa shape index (κ2) is 16.1. The van der Waals surface area contributed by atoms with Crippen LogP contribution in [0, 0.1) is 0 Å². The first-order valence-electron chi connectivity index (χ1n) is 14.2. The zero-order valence-corrected chi connectivity index (χ0v) is 33.0. The van der Waals surface area contributed by atoms with E-state index in [0.29, 0.717) is 44.9 Å². The monoisotopic (exact) mass is 755 g/mol. The van der Waals surface area contributed by atoms with Crippen LogP contribution in [0.25, 0.3) is 16.8 Å². The van der Waals surface area contributed by atoms with Crippen molar-refractivity contribution in [3.63, 3.8) is 0 Å². The summed E-state index contributed by atoms with van der Waals surface area (Å²) in [6, 6.07) is 21.9. The molecular weight excluding hydrogens is 733 g/mol. The van der Waals surface area contributed by atoms with Crippen LogP contribution in [-0.2, 0) is 20.2 Å². The summed E-state index contributed by atoms with van der Waals surface area (Å²) in [7, 11) is -9.81. The molecular formula is C32H23N9Na2O7S2. The van der Waals surface area contributed by atoms with Gasteiger partial charge in [-0.05, 0) is 90.5 Å². The summed E-state index contributed by atoms with van der Waals surface area (Å²) in [5.74, 6) is -0.838. The van der Waals surface area contributed by atoms with Crippen molar-refractivity contribution in [3.8, 4) is 0 Å². The predicted octanol–water partition coefficient (Wildman–Crippen LogP) is -0.120. The molecule has 20 heteroatoms. The van der Waals surface area contributed by atoms with Crippen LogP contribution in [0.1, 0.15) is 15.9 Å². The average Bonchev–Trinajstić information content (AvgIpc) is 3.07. The van der Waals surface area contributed by atoms with E-state index < -0.39 is 41.5 Å². The number of nitrogens with one attached hydrogen (secondary N) is 1. The zero-order chi connectivity index (χ0) is 35.8. The third-order valence-corrected chi connectivity index (χ3v) is 9.02. The van der Waals surface area contributed by atoms with E-state index in [9.17, 15) is 30.7 Å². The van der Waals surface area contributed by atoms with Crippen LogP contribution in [0.5, 0.6) is 0 Å². The maximum Gasteiger partial charge on any atom is 1.00 e. The van der Waals surface area contributed by atoms with Crippen LogP contribution >= 0.6 is 0 Å². The van der Waals surface area contributed by atoms with Crippen molar-refractivity contribution in [2.24, 2.45) is 25.6 Å². The number of fused-ring (bicyclic) bond motifs is 2. The molecule has 0 radical (unpaired) electrons. The number of hydrogen-bond donors (Lipinski definition) is 4. The van der Waals surface area contributed by atoms with E-state index in [-0.39, 0.29) is 81.6 Å². The molecule has 0 unspecified atom stereocenters. The molecule has 0 bridgehead atoms. The fourth-order valence-corrected chi connectivity index (χ4v) is 6.00. The van der Waals surface area contributed by atoms with Gasteiger partial charge in [-0.2, -0.15) is 15.3 Å². The molecule has 0 saturated heterocycles. The number of Topliss-reactive ketones (excluding diaryl/α,β-unsaturated/α-hetero) is 1. The molecule has 0 amide bonds. The van der Waals surface area contributed by atoms with Gasteiger partial charge < -0.3 is 26.3 Å². The Labute approximate surface area is 341 Å². The van der Waals surface area contributed by atoms with Gasteiger partial charge in [-0.15, -0.1) is 10.2 Å². The summed E-state index contributed by atoms with van der Waals surface area (Å²) < 4.78 is 70.7. The quantitative estimate of drug-likeness (QED) is 0.0532. The summed E-state index contributed by atoms with van der Waals surface area (Å²) in [5.41, 5.74) is 22.4. The molecule has 5 aromatic carbocycles. The van der Waals surface area contributed by atoms with Crippen molar-refractivity contribution in [3.05, 3.63) is 107 Å². The van der Waals surface area contributed by atoms with E-state index in [1.165, 1.54) is 66.7 Å². The van der Waals surface area contributed by atoms with Gasteiger partial charge in [-0.3, -0.25) is 10.2 Å². The average molecular weight is 756 g/mol. The maximum atomic E-state index is 13.5. The number of rotatable bonds is 8. The third-order valence-electron chi connectivity index (χ3n) is 7.34. The number of nitrogens with two attached hydrogens (primary N) is 3. The topological polar surface area (TPSA) is 283 Å². The molecule has 0 fully saturated rings. The predicted molar refractivity (Wildman–Crippen MR) is 186 cm³/mol. The second-order valence-electron chi connectivity index (χ2n) is 10.7. The van der Waals surface area contributed by atoms with E-state index >= 15 is 0 Å². The number of hydrazone groups is 1. The summed E-state index contributed by atoms with van der Waals surface area (Å²) >= 11 is 0. The van der Waals surface area contributed by atoms with Gasteiger partial charge in [0.1, 0.15) is 31.6 Å². The number of nitrogens with zero attached hydrogens (tertiary/aromatic N) is 5. The van der Waals surface area contributed by atoms with Crippen LogP contribution in [0.3, 0.4) is 0 Å². The van der Waals surface area contributed by atoms with Crippen LogP contribution in [0.4, 0.5) is 45.5 Å².